The first kappa shape index (κ1) is 88.0. The minimum absolute atomic E-state index is 0.0171. The standard InChI is InChI=1S/C82H101F4N8O19P/c1-6-111-114(103,112-7-2)82(85,86)60-24-31-66-59(47-60)48-68(88-66)77(99)90-69-51-92(37-36-63-29-33-70(94(63)79(69)101)78(100)89-67(32-35-73(87)96)76(98)91-75(57-15-10-8-11-16-57)58-17-12-9-13-18-58)74(97)19-14-39-104-41-43-106-45-46-107-44-42-105-40-38-93(80(102)113-81(3,4)5)50-64(95)54-108-65-30-34-71(109-52-55-20-25-61(83)26-21-55)72(49-65)110-53-56-22-27-62(84)28-23-56/h8-13,15-18,20-28,30-31,34,47-49,63-64,67,69-70,75,88,95H,6-7,14,19,29,32-33,35-46,50-54H2,1-5H3,(H2,87,96)(H,89,100)(H,90,99)(H,91,98)/t63-,64-,67+,69+,70+/m1/s1. The van der Waals surface area contributed by atoms with Gasteiger partial charge in [0.25, 0.3) is 5.91 Å². The maximum Gasteiger partial charge on any atom is 0.410 e. The molecule has 1 aromatic heterocycles. The molecule has 2 fully saturated rings. The number of primary amides is 1. The van der Waals surface area contributed by atoms with Gasteiger partial charge in [-0.1, -0.05) is 91.0 Å². The first-order chi connectivity index (χ1) is 54.7. The number of aliphatic hydroxyl groups excluding tert-OH is 1. The Morgan fingerprint density at radius 1 is 0.684 bits per heavy atom. The number of fused-ring (bicyclic) bond motifs is 2. The number of ether oxygens (including phenoxy) is 8. The van der Waals surface area contributed by atoms with Gasteiger partial charge in [-0.25, -0.2) is 13.6 Å². The molecular formula is C82H101F4N8O19P. The highest BCUT2D eigenvalue weighted by molar-refractivity contribution is 7.54. The average Bonchev–Trinajstić information content (AvgIpc) is 1.44. The number of rotatable bonds is 44. The summed E-state index contributed by atoms with van der Waals surface area (Å²) in [6.07, 6.45) is -1.37. The summed E-state index contributed by atoms with van der Waals surface area (Å²) in [6, 6.07) is 34.2. The predicted octanol–water partition coefficient (Wildman–Crippen LogP) is 10.8. The van der Waals surface area contributed by atoms with E-state index in [1.807, 2.05) is 60.7 Å². The van der Waals surface area contributed by atoms with Gasteiger partial charge in [0.15, 0.2) is 11.5 Å². The highest BCUT2D eigenvalue weighted by Gasteiger charge is 2.55. The number of benzene rings is 6. The molecule has 0 radical (unpaired) electrons. The van der Waals surface area contributed by atoms with E-state index in [-0.39, 0.29) is 179 Å². The van der Waals surface area contributed by atoms with Crippen LogP contribution >= 0.6 is 7.60 Å². The summed E-state index contributed by atoms with van der Waals surface area (Å²) < 4.78 is 129. The molecule has 0 spiro atoms. The van der Waals surface area contributed by atoms with Crippen LogP contribution < -0.4 is 35.9 Å². The summed E-state index contributed by atoms with van der Waals surface area (Å²) in [5.41, 5.74) is 2.91. The number of alkyl halides is 2. The van der Waals surface area contributed by atoms with Crippen molar-refractivity contribution in [3.8, 4) is 17.2 Å². The Morgan fingerprint density at radius 3 is 1.86 bits per heavy atom. The first-order valence-corrected chi connectivity index (χ1v) is 39.5. The molecule has 0 saturated carbocycles. The molecule has 7 amide bonds. The smallest absolute Gasteiger partial charge is 0.410 e. The van der Waals surface area contributed by atoms with E-state index in [4.69, 9.17) is 52.7 Å². The Kier molecular flexibility index (Phi) is 33.1. The van der Waals surface area contributed by atoms with Crippen LogP contribution in [-0.4, -0.2) is 201 Å². The number of nitrogens with one attached hydrogen (secondary N) is 4. The van der Waals surface area contributed by atoms with Crippen LogP contribution in [-0.2, 0) is 80.1 Å². The van der Waals surface area contributed by atoms with Gasteiger partial charge in [-0.15, -0.1) is 0 Å². The van der Waals surface area contributed by atoms with Crippen molar-refractivity contribution in [3.63, 3.8) is 0 Å². The van der Waals surface area contributed by atoms with Crippen molar-refractivity contribution in [2.75, 3.05) is 98.9 Å². The number of aliphatic hydroxyl groups is 1. The van der Waals surface area contributed by atoms with Gasteiger partial charge < -0.3 is 93.4 Å². The van der Waals surface area contributed by atoms with Gasteiger partial charge in [0, 0.05) is 67.7 Å². The molecule has 7 N–H and O–H groups in total. The number of hydrogen-bond donors (Lipinski definition) is 6. The van der Waals surface area contributed by atoms with E-state index < -0.39 is 102 Å². The maximum absolute atomic E-state index is 16.0. The van der Waals surface area contributed by atoms with E-state index in [2.05, 4.69) is 20.9 Å². The van der Waals surface area contributed by atoms with Crippen LogP contribution in [0.4, 0.5) is 22.4 Å². The number of aromatic nitrogens is 1. The van der Waals surface area contributed by atoms with Crippen LogP contribution in [0, 0.1) is 11.6 Å². The molecule has 5 atom stereocenters. The number of nitrogens with two attached hydrogens (primary N) is 1. The van der Waals surface area contributed by atoms with E-state index in [0.717, 1.165) is 23.3 Å². The summed E-state index contributed by atoms with van der Waals surface area (Å²) in [6.45, 7) is 8.34. The summed E-state index contributed by atoms with van der Waals surface area (Å²) in [5, 5.41) is 19.9. The number of H-pyrrole nitrogens is 1. The van der Waals surface area contributed by atoms with Crippen molar-refractivity contribution in [2.24, 2.45) is 5.73 Å². The summed E-state index contributed by atoms with van der Waals surface area (Å²) >= 11 is 0. The van der Waals surface area contributed by atoms with Crippen LogP contribution in [0.3, 0.4) is 0 Å². The number of aromatic amines is 1. The molecule has 0 unspecified atom stereocenters. The fourth-order valence-electron chi connectivity index (χ4n) is 12.9. The molecule has 27 nitrogen and oxygen atoms in total. The zero-order valence-electron chi connectivity index (χ0n) is 64.5. The van der Waals surface area contributed by atoms with Crippen LogP contribution in [0.1, 0.15) is 124 Å². The van der Waals surface area contributed by atoms with Gasteiger partial charge in [-0.05, 0) is 144 Å². The molecule has 2 aliphatic rings. The van der Waals surface area contributed by atoms with E-state index in [1.54, 1.807) is 63.2 Å². The first-order valence-electron chi connectivity index (χ1n) is 38.0. The lowest BCUT2D eigenvalue weighted by molar-refractivity contribution is -0.145. The molecule has 6 aromatic carbocycles. The zero-order chi connectivity index (χ0) is 81.8. The number of carbonyl (C=O) groups excluding carboxylic acids is 7. The van der Waals surface area contributed by atoms with Gasteiger partial charge in [-0.2, -0.15) is 8.78 Å². The third-order valence-corrected chi connectivity index (χ3v) is 20.7. The van der Waals surface area contributed by atoms with E-state index in [1.165, 1.54) is 64.9 Å². The molecule has 0 bridgehead atoms. The fraction of sp³-hybridized carbons (Fsp3) is 0.451. The van der Waals surface area contributed by atoms with Crippen LogP contribution in [0.5, 0.6) is 17.2 Å². The fourth-order valence-corrected chi connectivity index (χ4v) is 14.4. The molecule has 9 rings (SSSR count). The third kappa shape index (κ3) is 26.0. The SMILES string of the molecule is CCOP(=O)(OCC)C(F)(F)c1ccc2[nH]c(C(=O)N[C@H]3CN(C(=O)CCCOCCOCCOCCOCCN(C[C@@H](O)COc4ccc(OCc5ccc(F)cc5)c(OCc5ccc(F)cc5)c4)C(=O)OC(C)(C)C)CC[C@H]4CC[C@@H](C(=O)N[C@@H](CCC(N)=O)C(=O)NC(c5ccccc5)c5ccccc5)N4C3=O)cc2c1. The average molecular weight is 1610 g/mol. The molecule has 32 heteroatoms. The highest BCUT2D eigenvalue weighted by atomic mass is 31.2. The highest BCUT2D eigenvalue weighted by Crippen LogP contribution is 2.67. The largest absolute Gasteiger partial charge is 0.491 e. The lowest BCUT2D eigenvalue weighted by Crippen LogP contribution is -2.62. The van der Waals surface area contributed by atoms with Crippen molar-refractivity contribution in [2.45, 2.75) is 140 Å². The second-order valence-electron chi connectivity index (χ2n) is 28.2. The number of carbonyl (C=O) groups is 7. The van der Waals surface area contributed by atoms with Crippen molar-refractivity contribution in [3.05, 3.63) is 197 Å². The number of nitrogens with zero attached hydrogens (tertiary/aromatic N) is 3. The maximum atomic E-state index is 16.0. The van der Waals surface area contributed by atoms with Crippen molar-refractivity contribution >= 4 is 60.0 Å². The third-order valence-electron chi connectivity index (χ3n) is 18.5. The van der Waals surface area contributed by atoms with Crippen LogP contribution in [0.15, 0.2) is 152 Å². The lowest BCUT2D eigenvalue weighted by Gasteiger charge is -2.39. The molecule has 2 aliphatic heterocycles. The van der Waals surface area contributed by atoms with E-state index >= 15 is 13.6 Å². The quantitative estimate of drug-likeness (QED) is 0.0117. The van der Waals surface area contributed by atoms with E-state index in [0.29, 0.717) is 34.8 Å². The number of amides is 7. The monoisotopic (exact) mass is 1610 g/mol. The van der Waals surface area contributed by atoms with Gasteiger partial charge >= 0.3 is 19.4 Å². The van der Waals surface area contributed by atoms with Gasteiger partial charge in [0.05, 0.1) is 72.0 Å². The number of halogens is 4. The molecule has 0 aliphatic carbocycles. The Balaban J connectivity index is 0.739. The Hall–Kier alpha value is -9.98. The summed E-state index contributed by atoms with van der Waals surface area (Å²) in [7, 11) is -5.01. The van der Waals surface area contributed by atoms with Crippen molar-refractivity contribution in [1.29, 1.82) is 0 Å². The minimum atomic E-state index is -5.01. The Bertz CT molecular complexity index is 4290. The van der Waals surface area contributed by atoms with E-state index in [9.17, 15) is 47.2 Å². The normalized spacial score (nSPS) is 15.8. The predicted molar refractivity (Wildman–Crippen MR) is 412 cm³/mol. The Labute approximate surface area is 659 Å². The molecule has 3 heterocycles. The topological polar surface area (TPSA) is 337 Å². The van der Waals surface area contributed by atoms with Crippen LogP contribution in [0.25, 0.3) is 10.9 Å². The second-order valence-corrected chi connectivity index (χ2v) is 30.3. The van der Waals surface area contributed by atoms with Gasteiger partial charge in [0.2, 0.25) is 29.5 Å². The second kappa shape index (κ2) is 42.9. The lowest BCUT2D eigenvalue weighted by atomic mass is 9.98. The van der Waals surface area contributed by atoms with Crippen LogP contribution in [0.2, 0.25) is 0 Å². The van der Waals surface area contributed by atoms with Gasteiger partial charge in [-0.3, -0.25) is 33.3 Å². The number of hydrogen-bond acceptors (Lipinski definition) is 19. The Morgan fingerprint density at radius 2 is 1.27 bits per heavy atom. The molecule has 2 saturated heterocycles. The molecular weight excluding hydrogens is 1510 g/mol. The molecule has 114 heavy (non-hydrogen) atoms. The zero-order valence-corrected chi connectivity index (χ0v) is 65.4. The summed E-state index contributed by atoms with van der Waals surface area (Å²) in [4.78, 5) is 105. The molecule has 7 aromatic rings. The van der Waals surface area contributed by atoms with Gasteiger partial charge in [0.1, 0.15) is 72.7 Å². The molecule has 616 valence electrons. The van der Waals surface area contributed by atoms with Crippen molar-refractivity contribution in [1.82, 2.24) is 35.6 Å². The summed E-state index contributed by atoms with van der Waals surface area (Å²) in [5.74, 6) is -3.79. The van der Waals surface area contributed by atoms with Crippen molar-refractivity contribution < 1.29 is 108 Å². The minimum Gasteiger partial charge on any atom is -0.491 e.